The maximum Gasteiger partial charge on any atom is 0.338 e. The molecular formula is C21H22Cl2N2O5S. The molecule has 1 aliphatic heterocycles. The SMILES string of the molecule is O=C(COC(=O)c1ccc(Cl)c(S(=O)(=O)N2CCCCC2)c1)NCc1ccc(Cl)cc1. The van der Waals surface area contributed by atoms with Gasteiger partial charge in [-0.2, -0.15) is 4.31 Å². The molecule has 31 heavy (non-hydrogen) atoms. The van der Waals surface area contributed by atoms with Gasteiger partial charge in [0.1, 0.15) is 4.90 Å². The molecule has 1 heterocycles. The predicted molar refractivity (Wildman–Crippen MR) is 118 cm³/mol. The third kappa shape index (κ3) is 6.20. The van der Waals surface area contributed by atoms with E-state index in [1.54, 1.807) is 24.3 Å². The second-order valence-electron chi connectivity index (χ2n) is 7.09. The number of nitrogens with one attached hydrogen (secondary N) is 1. The van der Waals surface area contributed by atoms with Gasteiger partial charge < -0.3 is 10.1 Å². The second-order valence-corrected chi connectivity index (χ2v) is 9.84. The summed E-state index contributed by atoms with van der Waals surface area (Å²) in [6, 6.07) is 10.9. The highest BCUT2D eigenvalue weighted by atomic mass is 35.5. The summed E-state index contributed by atoms with van der Waals surface area (Å²) in [4.78, 5) is 24.2. The molecule has 2 aromatic rings. The molecule has 1 fully saturated rings. The van der Waals surface area contributed by atoms with Crippen LogP contribution in [0.15, 0.2) is 47.4 Å². The average Bonchev–Trinajstić information content (AvgIpc) is 2.78. The molecule has 0 saturated carbocycles. The van der Waals surface area contributed by atoms with Crippen molar-refractivity contribution in [1.29, 1.82) is 0 Å². The van der Waals surface area contributed by atoms with Gasteiger partial charge in [-0.25, -0.2) is 13.2 Å². The third-order valence-electron chi connectivity index (χ3n) is 4.84. The fourth-order valence-electron chi connectivity index (χ4n) is 3.14. The van der Waals surface area contributed by atoms with E-state index in [1.807, 2.05) is 0 Å². The Kier molecular flexibility index (Phi) is 7.94. The van der Waals surface area contributed by atoms with E-state index in [0.717, 1.165) is 24.8 Å². The molecule has 0 radical (unpaired) electrons. The van der Waals surface area contributed by atoms with Crippen LogP contribution in [0.25, 0.3) is 0 Å². The third-order valence-corrected chi connectivity index (χ3v) is 7.47. The first-order valence-corrected chi connectivity index (χ1v) is 11.9. The normalized spacial score (nSPS) is 14.8. The number of ether oxygens (including phenoxy) is 1. The molecule has 0 bridgehead atoms. The molecule has 3 rings (SSSR count). The van der Waals surface area contributed by atoms with Crippen LogP contribution in [0.5, 0.6) is 0 Å². The van der Waals surface area contributed by atoms with E-state index in [2.05, 4.69) is 5.32 Å². The highest BCUT2D eigenvalue weighted by molar-refractivity contribution is 7.89. The van der Waals surface area contributed by atoms with Gasteiger partial charge in [-0.05, 0) is 48.7 Å². The summed E-state index contributed by atoms with van der Waals surface area (Å²) in [7, 11) is -3.82. The first-order chi connectivity index (χ1) is 14.8. The lowest BCUT2D eigenvalue weighted by atomic mass is 10.2. The maximum absolute atomic E-state index is 12.9. The van der Waals surface area contributed by atoms with Gasteiger partial charge in [-0.15, -0.1) is 0 Å². The molecule has 2 aromatic carbocycles. The lowest BCUT2D eigenvalue weighted by molar-refractivity contribution is -0.124. The largest absolute Gasteiger partial charge is 0.452 e. The molecule has 7 nitrogen and oxygen atoms in total. The first-order valence-electron chi connectivity index (χ1n) is 9.75. The molecule has 0 spiro atoms. The number of amides is 1. The number of esters is 1. The minimum atomic E-state index is -3.82. The van der Waals surface area contributed by atoms with Crippen LogP contribution in [0.2, 0.25) is 10.0 Å². The van der Waals surface area contributed by atoms with Gasteiger partial charge in [0.15, 0.2) is 6.61 Å². The summed E-state index contributed by atoms with van der Waals surface area (Å²) in [6.07, 6.45) is 2.54. The Hall–Kier alpha value is -2.13. The molecular weight excluding hydrogens is 463 g/mol. The smallest absolute Gasteiger partial charge is 0.338 e. The van der Waals surface area contributed by atoms with Crippen molar-refractivity contribution in [1.82, 2.24) is 9.62 Å². The number of halogens is 2. The Morgan fingerprint density at radius 3 is 2.35 bits per heavy atom. The van der Waals surface area contributed by atoms with Crippen LogP contribution in [-0.4, -0.2) is 44.3 Å². The van der Waals surface area contributed by atoms with Crippen molar-refractivity contribution < 1.29 is 22.7 Å². The summed E-state index contributed by atoms with van der Waals surface area (Å²) < 4.78 is 32.2. The van der Waals surface area contributed by atoms with E-state index in [1.165, 1.54) is 22.5 Å². The van der Waals surface area contributed by atoms with E-state index in [9.17, 15) is 18.0 Å². The van der Waals surface area contributed by atoms with Crippen molar-refractivity contribution in [2.45, 2.75) is 30.7 Å². The van der Waals surface area contributed by atoms with Gasteiger partial charge in [0.25, 0.3) is 5.91 Å². The lowest BCUT2D eigenvalue weighted by Gasteiger charge is -2.26. The average molecular weight is 485 g/mol. The van der Waals surface area contributed by atoms with Crippen molar-refractivity contribution in [3.05, 3.63) is 63.6 Å². The zero-order valence-corrected chi connectivity index (χ0v) is 19.0. The highest BCUT2D eigenvalue weighted by Gasteiger charge is 2.29. The van der Waals surface area contributed by atoms with Crippen LogP contribution >= 0.6 is 23.2 Å². The topological polar surface area (TPSA) is 92.8 Å². The Morgan fingerprint density at radius 2 is 1.68 bits per heavy atom. The van der Waals surface area contributed by atoms with E-state index in [-0.39, 0.29) is 22.0 Å². The Bertz CT molecular complexity index is 1050. The van der Waals surface area contributed by atoms with Crippen LogP contribution in [0, 0.1) is 0 Å². The monoisotopic (exact) mass is 484 g/mol. The second kappa shape index (κ2) is 10.5. The number of hydrogen-bond donors (Lipinski definition) is 1. The van der Waals surface area contributed by atoms with Crippen molar-refractivity contribution in [2.75, 3.05) is 19.7 Å². The summed E-state index contributed by atoms with van der Waals surface area (Å²) in [5, 5.41) is 3.25. The number of carbonyl (C=O) groups excluding carboxylic acids is 2. The van der Waals surface area contributed by atoms with Gasteiger partial charge in [-0.1, -0.05) is 41.8 Å². The first kappa shape index (κ1) is 23.5. The number of benzene rings is 2. The molecule has 0 unspecified atom stereocenters. The summed E-state index contributed by atoms with van der Waals surface area (Å²) in [6.45, 7) is 0.595. The van der Waals surface area contributed by atoms with Gasteiger partial charge in [0.05, 0.1) is 10.6 Å². The van der Waals surface area contributed by atoms with Crippen LogP contribution < -0.4 is 5.32 Å². The molecule has 166 valence electrons. The standard InChI is InChI=1S/C21H22Cl2N2O5S/c22-17-7-4-15(5-8-17)13-24-20(26)14-30-21(27)16-6-9-18(23)19(12-16)31(28,29)25-10-2-1-3-11-25/h4-9,12H,1-3,10-11,13-14H2,(H,24,26). The van der Waals surface area contributed by atoms with Gasteiger partial charge in [-0.3, -0.25) is 4.79 Å². The van der Waals surface area contributed by atoms with Crippen LogP contribution in [0.4, 0.5) is 0 Å². The summed E-state index contributed by atoms with van der Waals surface area (Å²) >= 11 is 11.9. The molecule has 1 amide bonds. The fourth-order valence-corrected chi connectivity index (χ4v) is 5.28. The quantitative estimate of drug-likeness (QED) is 0.605. The molecule has 0 atom stereocenters. The molecule has 0 aliphatic carbocycles. The molecule has 1 aliphatic rings. The number of rotatable bonds is 7. The van der Waals surface area contributed by atoms with E-state index in [4.69, 9.17) is 27.9 Å². The van der Waals surface area contributed by atoms with Crippen molar-refractivity contribution in [2.24, 2.45) is 0 Å². The molecule has 1 saturated heterocycles. The van der Waals surface area contributed by atoms with E-state index >= 15 is 0 Å². The van der Waals surface area contributed by atoms with Gasteiger partial charge in [0, 0.05) is 24.7 Å². The minimum absolute atomic E-state index is 0.00508. The Morgan fingerprint density at radius 1 is 1.00 bits per heavy atom. The Labute approximate surface area is 191 Å². The predicted octanol–water partition coefficient (Wildman–Crippen LogP) is 3.64. The van der Waals surface area contributed by atoms with E-state index in [0.29, 0.717) is 18.1 Å². The van der Waals surface area contributed by atoms with Crippen molar-refractivity contribution >= 4 is 45.1 Å². The number of sulfonamides is 1. The molecule has 10 heteroatoms. The Balaban J connectivity index is 1.60. The zero-order valence-electron chi connectivity index (χ0n) is 16.6. The van der Waals surface area contributed by atoms with E-state index < -0.39 is 28.5 Å². The molecule has 0 aromatic heterocycles. The van der Waals surface area contributed by atoms with Crippen LogP contribution in [0.1, 0.15) is 35.2 Å². The lowest BCUT2D eigenvalue weighted by Crippen LogP contribution is -2.35. The highest BCUT2D eigenvalue weighted by Crippen LogP contribution is 2.28. The van der Waals surface area contributed by atoms with Crippen molar-refractivity contribution in [3.8, 4) is 0 Å². The zero-order chi connectivity index (χ0) is 22.4. The summed E-state index contributed by atoms with van der Waals surface area (Å²) in [5.41, 5.74) is 0.847. The van der Waals surface area contributed by atoms with Crippen molar-refractivity contribution in [3.63, 3.8) is 0 Å². The number of piperidine rings is 1. The van der Waals surface area contributed by atoms with Crippen LogP contribution in [-0.2, 0) is 26.1 Å². The van der Waals surface area contributed by atoms with Gasteiger partial charge in [0.2, 0.25) is 10.0 Å². The number of carbonyl (C=O) groups is 2. The van der Waals surface area contributed by atoms with Crippen LogP contribution in [0.3, 0.4) is 0 Å². The fraction of sp³-hybridized carbons (Fsp3) is 0.333. The maximum atomic E-state index is 12.9. The summed E-state index contributed by atoms with van der Waals surface area (Å²) in [5.74, 6) is -1.30. The number of nitrogens with zero attached hydrogens (tertiary/aromatic N) is 1. The molecule has 1 N–H and O–H groups in total. The number of hydrogen-bond acceptors (Lipinski definition) is 5. The van der Waals surface area contributed by atoms with Gasteiger partial charge >= 0.3 is 5.97 Å². The minimum Gasteiger partial charge on any atom is -0.452 e.